The van der Waals surface area contributed by atoms with Gasteiger partial charge in [0.15, 0.2) is 0 Å². The Balaban J connectivity index is 3.17. The van der Waals surface area contributed by atoms with Crippen LogP contribution in [0.1, 0.15) is 13.8 Å². The van der Waals surface area contributed by atoms with E-state index in [1.54, 1.807) is 0 Å². The van der Waals surface area contributed by atoms with Crippen LogP contribution in [0.4, 0.5) is 0 Å². The molecule has 0 fully saturated rings. The zero-order valence-corrected chi connectivity index (χ0v) is 6.23. The van der Waals surface area contributed by atoms with Crippen LogP contribution >= 0.6 is 11.6 Å². The number of hydroxylamine groups is 1. The molecule has 54 valence electrons. The predicted molar refractivity (Wildman–Crippen MR) is 35.1 cm³/mol. The summed E-state index contributed by atoms with van der Waals surface area (Å²) in [5.74, 6) is -0.377. The van der Waals surface area contributed by atoms with Crippen molar-refractivity contribution < 1.29 is 9.63 Å². The molecule has 0 unspecified atom stereocenters. The van der Waals surface area contributed by atoms with Crippen LogP contribution in [-0.2, 0) is 9.63 Å². The van der Waals surface area contributed by atoms with Gasteiger partial charge in [0.25, 0.3) is 5.91 Å². The van der Waals surface area contributed by atoms with Gasteiger partial charge in [-0.2, -0.15) is 0 Å². The summed E-state index contributed by atoms with van der Waals surface area (Å²) < 4.78 is 0. The fourth-order valence-corrected chi connectivity index (χ4v) is 0.265. The van der Waals surface area contributed by atoms with E-state index in [2.05, 4.69) is 5.48 Å². The maximum absolute atomic E-state index is 10.3. The van der Waals surface area contributed by atoms with Crippen LogP contribution in [-0.4, -0.2) is 17.9 Å². The maximum atomic E-state index is 10.3. The number of carbonyl (C=O) groups is 1. The summed E-state index contributed by atoms with van der Waals surface area (Å²) in [6.07, 6.45) is -0.00262. The third-order valence-corrected chi connectivity index (χ3v) is 0.773. The van der Waals surface area contributed by atoms with E-state index < -0.39 is 0 Å². The molecule has 9 heavy (non-hydrogen) atoms. The Labute approximate surface area is 59.3 Å². The van der Waals surface area contributed by atoms with Crippen LogP contribution in [0.25, 0.3) is 0 Å². The molecule has 1 amide bonds. The second-order valence-electron chi connectivity index (χ2n) is 1.83. The van der Waals surface area contributed by atoms with Crippen LogP contribution in [0, 0.1) is 0 Å². The number of halogens is 1. The zero-order chi connectivity index (χ0) is 7.28. The van der Waals surface area contributed by atoms with Gasteiger partial charge in [-0.05, 0) is 13.8 Å². The Bertz CT molecular complexity index is 95.0. The van der Waals surface area contributed by atoms with E-state index in [-0.39, 0.29) is 17.9 Å². The minimum Gasteiger partial charge on any atom is -0.271 e. The van der Waals surface area contributed by atoms with Gasteiger partial charge < -0.3 is 0 Å². The SMILES string of the molecule is CC(C)ONC(=O)CCl. The third-order valence-electron chi connectivity index (χ3n) is 0.530. The molecule has 0 rings (SSSR count). The minimum absolute atomic E-state index is 0.00262. The van der Waals surface area contributed by atoms with Gasteiger partial charge in [0.1, 0.15) is 5.88 Å². The first-order valence-electron chi connectivity index (χ1n) is 2.67. The molecule has 0 spiro atoms. The van der Waals surface area contributed by atoms with Crippen molar-refractivity contribution in [2.45, 2.75) is 20.0 Å². The van der Waals surface area contributed by atoms with Crippen molar-refractivity contribution in [3.8, 4) is 0 Å². The molecule has 0 aromatic carbocycles. The Kier molecular flexibility index (Phi) is 4.44. The Hall–Kier alpha value is -0.280. The highest BCUT2D eigenvalue weighted by Gasteiger charge is 1.97. The molecule has 4 heteroatoms. The second-order valence-corrected chi connectivity index (χ2v) is 2.09. The van der Waals surface area contributed by atoms with Gasteiger partial charge in [0.05, 0.1) is 6.10 Å². The van der Waals surface area contributed by atoms with E-state index in [4.69, 9.17) is 16.4 Å². The van der Waals surface area contributed by atoms with Gasteiger partial charge in [-0.1, -0.05) is 0 Å². The van der Waals surface area contributed by atoms with Crippen molar-refractivity contribution >= 4 is 17.5 Å². The molecule has 0 bridgehead atoms. The smallest absolute Gasteiger partial charge is 0.258 e. The fourth-order valence-electron chi connectivity index (χ4n) is 0.211. The molecule has 1 N–H and O–H groups in total. The lowest BCUT2D eigenvalue weighted by molar-refractivity contribution is -0.134. The van der Waals surface area contributed by atoms with E-state index in [1.165, 1.54) is 0 Å². The molecule has 0 radical (unpaired) electrons. The quantitative estimate of drug-likeness (QED) is 0.476. The summed E-state index contributed by atoms with van der Waals surface area (Å²) in [5.41, 5.74) is 2.16. The van der Waals surface area contributed by atoms with Gasteiger partial charge in [0, 0.05) is 0 Å². The lowest BCUT2D eigenvalue weighted by Gasteiger charge is -2.05. The molecular weight excluding hydrogens is 142 g/mol. The van der Waals surface area contributed by atoms with Crippen molar-refractivity contribution in [1.82, 2.24) is 5.48 Å². The first-order valence-corrected chi connectivity index (χ1v) is 3.20. The van der Waals surface area contributed by atoms with Crippen LogP contribution in [0.2, 0.25) is 0 Å². The maximum Gasteiger partial charge on any atom is 0.258 e. The van der Waals surface area contributed by atoms with Crippen LogP contribution in [0.3, 0.4) is 0 Å². The summed E-state index contributed by atoms with van der Waals surface area (Å²) in [6.45, 7) is 3.63. The first-order chi connectivity index (χ1) is 4.16. The molecular formula is C5H10ClNO2. The molecule has 0 aliphatic heterocycles. The number of hydrogen-bond donors (Lipinski definition) is 1. The average Bonchev–Trinajstić information content (AvgIpc) is 1.83. The predicted octanol–water partition coefficient (Wildman–Crippen LogP) is 0.681. The Morgan fingerprint density at radius 2 is 2.33 bits per heavy atom. The van der Waals surface area contributed by atoms with Gasteiger partial charge in [0.2, 0.25) is 0 Å². The number of amides is 1. The largest absolute Gasteiger partial charge is 0.271 e. The molecule has 0 atom stereocenters. The Morgan fingerprint density at radius 1 is 1.78 bits per heavy atom. The summed E-state index contributed by atoms with van der Waals surface area (Å²) in [5, 5.41) is 0. The number of alkyl halides is 1. The summed E-state index contributed by atoms with van der Waals surface area (Å²) in [4.78, 5) is 15.1. The molecule has 0 aliphatic carbocycles. The van der Waals surface area contributed by atoms with Crippen molar-refractivity contribution in [2.24, 2.45) is 0 Å². The molecule has 0 aromatic rings. The molecule has 0 saturated heterocycles. The first kappa shape index (κ1) is 8.72. The summed E-state index contributed by atoms with van der Waals surface area (Å²) in [6, 6.07) is 0. The molecule has 0 heterocycles. The van der Waals surface area contributed by atoms with E-state index in [0.29, 0.717) is 0 Å². The second kappa shape index (κ2) is 4.58. The van der Waals surface area contributed by atoms with Gasteiger partial charge >= 0.3 is 0 Å². The van der Waals surface area contributed by atoms with Crippen LogP contribution in [0.5, 0.6) is 0 Å². The highest BCUT2D eigenvalue weighted by atomic mass is 35.5. The van der Waals surface area contributed by atoms with Crippen LogP contribution in [0.15, 0.2) is 0 Å². The van der Waals surface area contributed by atoms with E-state index >= 15 is 0 Å². The van der Waals surface area contributed by atoms with Crippen molar-refractivity contribution in [1.29, 1.82) is 0 Å². The highest BCUT2D eigenvalue weighted by Crippen LogP contribution is 1.82. The zero-order valence-electron chi connectivity index (χ0n) is 5.48. The van der Waals surface area contributed by atoms with Crippen molar-refractivity contribution in [3.63, 3.8) is 0 Å². The number of rotatable bonds is 3. The number of nitrogens with one attached hydrogen (secondary N) is 1. The minimum atomic E-state index is -0.314. The standard InChI is InChI=1S/C5H10ClNO2/c1-4(2)9-7-5(8)3-6/h4H,3H2,1-2H3,(H,7,8). The van der Waals surface area contributed by atoms with E-state index in [9.17, 15) is 4.79 Å². The normalized spacial score (nSPS) is 9.78. The lowest BCUT2D eigenvalue weighted by atomic mass is 10.5. The van der Waals surface area contributed by atoms with E-state index in [0.717, 1.165) is 0 Å². The molecule has 3 nitrogen and oxygen atoms in total. The highest BCUT2D eigenvalue weighted by molar-refractivity contribution is 6.27. The van der Waals surface area contributed by atoms with Crippen molar-refractivity contribution in [2.75, 3.05) is 5.88 Å². The summed E-state index contributed by atoms with van der Waals surface area (Å²) in [7, 11) is 0. The third kappa shape index (κ3) is 5.59. The van der Waals surface area contributed by atoms with Gasteiger partial charge in [-0.3, -0.25) is 9.63 Å². The average molecular weight is 152 g/mol. The van der Waals surface area contributed by atoms with Gasteiger partial charge in [-0.25, -0.2) is 5.48 Å². The monoisotopic (exact) mass is 151 g/mol. The number of carbonyl (C=O) groups excluding carboxylic acids is 1. The lowest BCUT2D eigenvalue weighted by Crippen LogP contribution is -2.27. The molecule has 0 saturated carbocycles. The number of hydrogen-bond acceptors (Lipinski definition) is 2. The summed E-state index contributed by atoms with van der Waals surface area (Å²) >= 11 is 5.14. The van der Waals surface area contributed by atoms with Gasteiger partial charge in [-0.15, -0.1) is 11.6 Å². The molecule has 0 aliphatic rings. The Morgan fingerprint density at radius 3 is 2.67 bits per heavy atom. The fraction of sp³-hybridized carbons (Fsp3) is 0.800. The van der Waals surface area contributed by atoms with Crippen molar-refractivity contribution in [3.05, 3.63) is 0 Å². The van der Waals surface area contributed by atoms with Crippen LogP contribution < -0.4 is 5.48 Å². The van der Waals surface area contributed by atoms with E-state index in [1.807, 2.05) is 13.8 Å². The molecule has 0 aromatic heterocycles. The topological polar surface area (TPSA) is 38.3 Å².